The van der Waals surface area contributed by atoms with E-state index in [1.807, 2.05) is 0 Å². The monoisotopic (exact) mass is 348 g/mol. The second kappa shape index (κ2) is 7.59. The van der Waals surface area contributed by atoms with E-state index in [1.54, 1.807) is 18.2 Å². The summed E-state index contributed by atoms with van der Waals surface area (Å²) < 4.78 is 0. The van der Waals surface area contributed by atoms with E-state index >= 15 is 0 Å². The SMILES string of the molecule is O=C(Cc1c(Cl)cccc1Cl)NC[C@H]1N[C@H](CO)[C@H](O)[C@@H]1O. The topological polar surface area (TPSA) is 102 Å². The summed E-state index contributed by atoms with van der Waals surface area (Å²) in [7, 11) is 0. The summed E-state index contributed by atoms with van der Waals surface area (Å²) in [4.78, 5) is 12.0. The van der Waals surface area contributed by atoms with Crippen molar-refractivity contribution in [3.05, 3.63) is 33.8 Å². The molecule has 22 heavy (non-hydrogen) atoms. The highest BCUT2D eigenvalue weighted by Gasteiger charge is 2.40. The molecule has 0 aromatic heterocycles. The predicted molar refractivity (Wildman–Crippen MR) is 83.0 cm³/mol. The van der Waals surface area contributed by atoms with Crippen LogP contribution in [0.2, 0.25) is 10.0 Å². The minimum atomic E-state index is -1.06. The Kier molecular flexibility index (Phi) is 6.02. The van der Waals surface area contributed by atoms with Gasteiger partial charge in [-0.15, -0.1) is 0 Å². The van der Waals surface area contributed by atoms with Crippen LogP contribution in [0.5, 0.6) is 0 Å². The van der Waals surface area contributed by atoms with Gasteiger partial charge in [0, 0.05) is 16.6 Å². The normalized spacial score (nSPS) is 27.9. The first-order valence-corrected chi connectivity index (χ1v) is 7.62. The van der Waals surface area contributed by atoms with Crippen LogP contribution >= 0.6 is 23.2 Å². The smallest absolute Gasteiger partial charge is 0.224 e. The van der Waals surface area contributed by atoms with E-state index in [-0.39, 0.29) is 25.5 Å². The molecule has 0 radical (unpaired) electrons. The molecule has 5 N–H and O–H groups in total. The summed E-state index contributed by atoms with van der Waals surface area (Å²) in [6.07, 6.45) is -2.10. The van der Waals surface area contributed by atoms with Crippen molar-refractivity contribution >= 4 is 29.1 Å². The maximum absolute atomic E-state index is 12.0. The van der Waals surface area contributed by atoms with Crippen molar-refractivity contribution in [1.82, 2.24) is 10.6 Å². The average Bonchev–Trinajstić information content (AvgIpc) is 2.76. The van der Waals surface area contributed by atoms with Crippen LogP contribution in [0.4, 0.5) is 0 Å². The predicted octanol–water partition coefficient (Wildman–Crippen LogP) is -0.293. The highest BCUT2D eigenvalue weighted by molar-refractivity contribution is 6.36. The van der Waals surface area contributed by atoms with Crippen molar-refractivity contribution in [2.75, 3.05) is 13.2 Å². The largest absolute Gasteiger partial charge is 0.395 e. The van der Waals surface area contributed by atoms with Crippen LogP contribution in [0.1, 0.15) is 5.56 Å². The summed E-state index contributed by atoms with van der Waals surface area (Å²) in [5.74, 6) is -0.300. The van der Waals surface area contributed by atoms with Crippen molar-refractivity contribution in [2.24, 2.45) is 0 Å². The molecule has 1 aromatic carbocycles. The Labute approximate surface area is 138 Å². The Balaban J connectivity index is 1.89. The number of aliphatic hydroxyl groups excluding tert-OH is 3. The molecule has 6 nitrogen and oxygen atoms in total. The van der Waals surface area contributed by atoms with E-state index in [0.29, 0.717) is 15.6 Å². The van der Waals surface area contributed by atoms with Crippen LogP contribution in [0.25, 0.3) is 0 Å². The average molecular weight is 349 g/mol. The van der Waals surface area contributed by atoms with Gasteiger partial charge in [0.2, 0.25) is 5.91 Å². The highest BCUT2D eigenvalue weighted by Crippen LogP contribution is 2.24. The third kappa shape index (κ3) is 3.90. The van der Waals surface area contributed by atoms with E-state index in [2.05, 4.69) is 10.6 Å². The second-order valence-electron chi connectivity index (χ2n) is 5.22. The summed E-state index contributed by atoms with van der Waals surface area (Å²) in [6.45, 7) is -0.173. The van der Waals surface area contributed by atoms with Crippen LogP contribution in [-0.4, -0.2) is 58.7 Å². The quantitative estimate of drug-likeness (QED) is 0.503. The Morgan fingerprint density at radius 1 is 1.18 bits per heavy atom. The number of rotatable bonds is 5. The van der Waals surface area contributed by atoms with Crippen LogP contribution in [0, 0.1) is 0 Å². The van der Waals surface area contributed by atoms with Crippen LogP contribution in [-0.2, 0) is 11.2 Å². The standard InChI is InChI=1S/C14H18Cl2N2O4/c15-8-2-1-3-9(16)7(8)4-12(20)17-5-10-13(21)14(22)11(6-19)18-10/h1-3,10-11,13-14,18-19,21-22H,4-6H2,(H,17,20)/t10-,11-,13-,14+/m1/s1. The molecule has 0 aliphatic carbocycles. The number of hydrogen-bond acceptors (Lipinski definition) is 5. The van der Waals surface area contributed by atoms with Crippen molar-refractivity contribution in [3.63, 3.8) is 0 Å². The number of amides is 1. The number of benzene rings is 1. The molecule has 1 heterocycles. The molecule has 2 rings (SSSR count). The molecule has 1 aromatic rings. The molecular formula is C14H18Cl2N2O4. The Bertz CT molecular complexity index is 523. The van der Waals surface area contributed by atoms with E-state index in [0.717, 1.165) is 0 Å². The van der Waals surface area contributed by atoms with Gasteiger partial charge in [0.05, 0.1) is 37.3 Å². The van der Waals surface area contributed by atoms with Gasteiger partial charge in [-0.1, -0.05) is 29.3 Å². The van der Waals surface area contributed by atoms with Gasteiger partial charge in [-0.05, 0) is 17.7 Å². The van der Waals surface area contributed by atoms with Gasteiger partial charge >= 0.3 is 0 Å². The van der Waals surface area contributed by atoms with Gasteiger partial charge in [0.25, 0.3) is 0 Å². The number of carbonyl (C=O) groups is 1. The molecule has 0 bridgehead atoms. The molecule has 1 aliphatic heterocycles. The molecule has 1 aliphatic rings. The maximum Gasteiger partial charge on any atom is 0.224 e. The zero-order chi connectivity index (χ0) is 16.3. The molecule has 1 saturated heterocycles. The Morgan fingerprint density at radius 3 is 2.32 bits per heavy atom. The lowest BCUT2D eigenvalue weighted by atomic mass is 10.1. The molecule has 0 saturated carbocycles. The summed E-state index contributed by atoms with van der Waals surface area (Å²) >= 11 is 12.0. The highest BCUT2D eigenvalue weighted by atomic mass is 35.5. The summed E-state index contributed by atoms with van der Waals surface area (Å²) in [5.41, 5.74) is 0.538. The van der Waals surface area contributed by atoms with Gasteiger partial charge in [-0.3, -0.25) is 4.79 Å². The number of carbonyl (C=O) groups excluding carboxylic acids is 1. The van der Waals surface area contributed by atoms with E-state index < -0.39 is 24.3 Å². The maximum atomic E-state index is 12.0. The second-order valence-corrected chi connectivity index (χ2v) is 6.04. The zero-order valence-corrected chi connectivity index (χ0v) is 13.2. The van der Waals surface area contributed by atoms with Crippen molar-refractivity contribution < 1.29 is 20.1 Å². The molecule has 0 unspecified atom stereocenters. The fourth-order valence-electron chi connectivity index (χ4n) is 2.44. The van der Waals surface area contributed by atoms with E-state index in [1.165, 1.54) is 0 Å². The number of hydrogen-bond donors (Lipinski definition) is 5. The molecule has 0 spiro atoms. The van der Waals surface area contributed by atoms with Crippen LogP contribution in [0.3, 0.4) is 0 Å². The molecule has 4 atom stereocenters. The van der Waals surface area contributed by atoms with E-state index in [4.69, 9.17) is 28.3 Å². The zero-order valence-electron chi connectivity index (χ0n) is 11.7. The van der Waals surface area contributed by atoms with Gasteiger partial charge in [0.1, 0.15) is 0 Å². The van der Waals surface area contributed by atoms with Gasteiger partial charge in [-0.25, -0.2) is 0 Å². The Hall–Kier alpha value is -0.890. The van der Waals surface area contributed by atoms with Gasteiger partial charge in [-0.2, -0.15) is 0 Å². The fraction of sp³-hybridized carbons (Fsp3) is 0.500. The van der Waals surface area contributed by atoms with E-state index in [9.17, 15) is 15.0 Å². The lowest BCUT2D eigenvalue weighted by molar-refractivity contribution is -0.120. The molecular weight excluding hydrogens is 331 g/mol. The summed E-state index contributed by atoms with van der Waals surface area (Å²) in [6, 6.07) is 3.87. The molecule has 122 valence electrons. The third-order valence-corrected chi connectivity index (χ3v) is 4.43. The first-order chi connectivity index (χ1) is 10.4. The number of halogens is 2. The lowest BCUT2D eigenvalue weighted by Crippen LogP contribution is -2.44. The van der Waals surface area contributed by atoms with Crippen molar-refractivity contribution in [3.8, 4) is 0 Å². The molecule has 1 amide bonds. The van der Waals surface area contributed by atoms with Crippen molar-refractivity contribution in [2.45, 2.75) is 30.7 Å². The molecule has 8 heteroatoms. The van der Waals surface area contributed by atoms with Gasteiger partial charge in [0.15, 0.2) is 0 Å². The number of aliphatic hydroxyl groups is 3. The minimum absolute atomic E-state index is 0.0211. The van der Waals surface area contributed by atoms with Crippen LogP contribution < -0.4 is 10.6 Å². The van der Waals surface area contributed by atoms with Crippen LogP contribution in [0.15, 0.2) is 18.2 Å². The first-order valence-electron chi connectivity index (χ1n) is 6.86. The fourth-order valence-corrected chi connectivity index (χ4v) is 2.97. The number of nitrogens with one attached hydrogen (secondary N) is 2. The third-order valence-electron chi connectivity index (χ3n) is 3.72. The molecule has 1 fully saturated rings. The first kappa shape index (κ1) is 17.5. The minimum Gasteiger partial charge on any atom is -0.395 e. The summed E-state index contributed by atoms with van der Waals surface area (Å²) in [5, 5.41) is 34.9. The lowest BCUT2D eigenvalue weighted by Gasteiger charge is -2.16. The van der Waals surface area contributed by atoms with Crippen molar-refractivity contribution in [1.29, 1.82) is 0 Å². The van der Waals surface area contributed by atoms with Gasteiger partial charge < -0.3 is 26.0 Å². The Morgan fingerprint density at radius 2 is 1.77 bits per heavy atom.